The number of benzene rings is 2. The van der Waals surface area contributed by atoms with Crippen molar-refractivity contribution in [2.24, 2.45) is 0 Å². The van der Waals surface area contributed by atoms with E-state index in [-0.39, 0.29) is 17.9 Å². The van der Waals surface area contributed by atoms with Crippen LogP contribution in [0.4, 0.5) is 11.4 Å². The standard InChI is InChI=1S/C34H50N4O2/c1-26-15-13-16-27(2)32(26)35-31(39)25-38(23-11-6-12-24-38)22-10-5-8-20-37-21-9-7-19-30(37)34(40)36-33-28(3)17-14-18-29(33)4/h13-18,30H,5-12,19-25H2,1-4H3,(H-,35,36,39,40)/p+1/t30-/m0/s1. The Bertz CT molecular complexity index is 1110. The molecule has 0 unspecified atom stereocenters. The van der Waals surface area contributed by atoms with Gasteiger partial charge in [-0.2, -0.15) is 0 Å². The van der Waals surface area contributed by atoms with Gasteiger partial charge >= 0.3 is 0 Å². The number of carbonyl (C=O) groups is 2. The second kappa shape index (κ2) is 14.3. The average molecular weight is 548 g/mol. The Morgan fingerprint density at radius 3 is 2.00 bits per heavy atom. The van der Waals surface area contributed by atoms with E-state index in [1.54, 1.807) is 0 Å². The van der Waals surface area contributed by atoms with Gasteiger partial charge in [-0.05, 0) is 114 Å². The summed E-state index contributed by atoms with van der Waals surface area (Å²) in [5.41, 5.74) is 6.42. The van der Waals surface area contributed by atoms with Crippen molar-refractivity contribution in [3.63, 3.8) is 0 Å². The number of unbranched alkanes of at least 4 members (excludes halogenated alkanes) is 2. The predicted octanol–water partition coefficient (Wildman–Crippen LogP) is 6.52. The highest BCUT2D eigenvalue weighted by atomic mass is 16.2. The number of hydrogen-bond acceptors (Lipinski definition) is 3. The number of likely N-dealkylation sites (tertiary alicyclic amines) is 2. The Kier molecular flexibility index (Phi) is 10.8. The molecule has 2 N–H and O–H groups in total. The minimum atomic E-state index is -0.0400. The molecule has 40 heavy (non-hydrogen) atoms. The summed E-state index contributed by atoms with van der Waals surface area (Å²) in [5, 5.41) is 6.48. The molecule has 0 bridgehead atoms. The van der Waals surface area contributed by atoms with Crippen LogP contribution in [0.15, 0.2) is 36.4 Å². The van der Waals surface area contributed by atoms with E-state index in [4.69, 9.17) is 0 Å². The number of carbonyl (C=O) groups excluding carboxylic acids is 2. The van der Waals surface area contributed by atoms with Gasteiger partial charge in [-0.1, -0.05) is 42.8 Å². The monoisotopic (exact) mass is 547 g/mol. The fourth-order valence-electron chi connectivity index (χ4n) is 6.85. The van der Waals surface area contributed by atoms with E-state index in [0.29, 0.717) is 6.54 Å². The van der Waals surface area contributed by atoms with Gasteiger partial charge in [-0.25, -0.2) is 0 Å². The van der Waals surface area contributed by atoms with Gasteiger partial charge in [0.1, 0.15) is 0 Å². The maximum atomic E-state index is 13.3. The van der Waals surface area contributed by atoms with Crippen LogP contribution in [0.25, 0.3) is 0 Å². The minimum Gasteiger partial charge on any atom is -0.324 e. The Balaban J connectivity index is 1.27. The molecule has 2 saturated heterocycles. The Morgan fingerprint density at radius 2 is 1.38 bits per heavy atom. The van der Waals surface area contributed by atoms with Gasteiger partial charge in [-0.3, -0.25) is 14.5 Å². The smallest absolute Gasteiger partial charge is 0.279 e. The molecule has 6 nitrogen and oxygen atoms in total. The highest BCUT2D eigenvalue weighted by molar-refractivity contribution is 5.96. The van der Waals surface area contributed by atoms with Crippen LogP contribution >= 0.6 is 0 Å². The van der Waals surface area contributed by atoms with Crippen LogP contribution < -0.4 is 10.6 Å². The number of piperidine rings is 2. The molecular formula is C34H51N4O2+. The zero-order valence-corrected chi connectivity index (χ0v) is 25.4. The molecule has 0 aliphatic carbocycles. The number of nitrogens with zero attached hydrogens (tertiary/aromatic N) is 2. The van der Waals surface area contributed by atoms with Crippen molar-refractivity contribution < 1.29 is 14.1 Å². The number of hydrogen-bond donors (Lipinski definition) is 2. The summed E-state index contributed by atoms with van der Waals surface area (Å²) in [6.07, 6.45) is 10.3. The Hall–Kier alpha value is -2.70. The summed E-state index contributed by atoms with van der Waals surface area (Å²) in [4.78, 5) is 28.9. The van der Waals surface area contributed by atoms with Gasteiger partial charge in [0.05, 0.1) is 25.7 Å². The number of aryl methyl sites for hydroxylation is 4. The number of anilines is 2. The van der Waals surface area contributed by atoms with Crippen LogP contribution in [0.2, 0.25) is 0 Å². The third-order valence-electron chi connectivity index (χ3n) is 9.21. The molecule has 2 aliphatic rings. The van der Waals surface area contributed by atoms with Crippen LogP contribution in [0.1, 0.15) is 80.0 Å². The number of para-hydroxylation sites is 2. The molecule has 2 aromatic carbocycles. The number of amides is 2. The zero-order chi connectivity index (χ0) is 28.5. The second-order valence-corrected chi connectivity index (χ2v) is 12.4. The normalized spacial score (nSPS) is 19.2. The molecule has 6 heteroatoms. The van der Waals surface area contributed by atoms with E-state index >= 15 is 0 Å². The minimum absolute atomic E-state index is 0.0400. The van der Waals surface area contributed by atoms with Gasteiger partial charge in [-0.15, -0.1) is 0 Å². The molecule has 218 valence electrons. The summed E-state index contributed by atoms with van der Waals surface area (Å²) < 4.78 is 0.918. The third-order valence-corrected chi connectivity index (χ3v) is 9.21. The lowest BCUT2D eigenvalue weighted by Crippen LogP contribution is -2.55. The van der Waals surface area contributed by atoms with E-state index in [2.05, 4.69) is 67.5 Å². The predicted molar refractivity (Wildman–Crippen MR) is 166 cm³/mol. The van der Waals surface area contributed by atoms with E-state index in [1.165, 1.54) is 25.7 Å². The zero-order valence-electron chi connectivity index (χ0n) is 25.4. The number of nitrogens with one attached hydrogen (secondary N) is 2. The lowest BCUT2D eigenvalue weighted by Gasteiger charge is -2.41. The van der Waals surface area contributed by atoms with Gasteiger partial charge in [0.15, 0.2) is 6.54 Å². The molecule has 2 aromatic rings. The van der Waals surface area contributed by atoms with Crippen molar-refractivity contribution in [2.45, 2.75) is 91.5 Å². The molecule has 2 heterocycles. The fourth-order valence-corrected chi connectivity index (χ4v) is 6.85. The highest BCUT2D eigenvalue weighted by Crippen LogP contribution is 2.25. The van der Waals surface area contributed by atoms with Crippen molar-refractivity contribution in [2.75, 3.05) is 49.9 Å². The van der Waals surface area contributed by atoms with Crippen molar-refractivity contribution in [3.8, 4) is 0 Å². The Morgan fingerprint density at radius 1 is 0.775 bits per heavy atom. The van der Waals surface area contributed by atoms with Gasteiger partial charge in [0.2, 0.25) is 5.91 Å². The first kappa shape index (κ1) is 30.3. The molecule has 1 atom stereocenters. The maximum absolute atomic E-state index is 13.3. The van der Waals surface area contributed by atoms with Gasteiger partial charge in [0.25, 0.3) is 5.91 Å². The molecule has 0 aromatic heterocycles. The summed E-state index contributed by atoms with van der Waals surface area (Å²) in [6, 6.07) is 12.3. The van der Waals surface area contributed by atoms with Crippen LogP contribution in [0, 0.1) is 27.7 Å². The SMILES string of the molecule is Cc1cccc(C)c1NC(=O)C[N+]1(CCCCCN2CCCC[C@H]2C(=O)Nc2c(C)cccc2C)CCCCC1. The third kappa shape index (κ3) is 7.94. The Labute approximate surface area is 242 Å². The van der Waals surface area contributed by atoms with Crippen LogP contribution in [-0.2, 0) is 9.59 Å². The summed E-state index contributed by atoms with van der Waals surface area (Å²) in [7, 11) is 0. The second-order valence-electron chi connectivity index (χ2n) is 12.4. The van der Waals surface area contributed by atoms with E-state index in [0.717, 1.165) is 103 Å². The lowest BCUT2D eigenvalue weighted by molar-refractivity contribution is -0.925. The van der Waals surface area contributed by atoms with Crippen LogP contribution in [0.3, 0.4) is 0 Å². The maximum Gasteiger partial charge on any atom is 0.279 e. The van der Waals surface area contributed by atoms with Crippen LogP contribution in [0.5, 0.6) is 0 Å². The molecule has 0 spiro atoms. The molecule has 4 rings (SSSR count). The van der Waals surface area contributed by atoms with Crippen molar-refractivity contribution in [1.29, 1.82) is 0 Å². The number of quaternary nitrogens is 1. The van der Waals surface area contributed by atoms with Gasteiger partial charge < -0.3 is 15.1 Å². The largest absolute Gasteiger partial charge is 0.324 e. The van der Waals surface area contributed by atoms with E-state index in [1.807, 2.05) is 12.1 Å². The first-order valence-corrected chi connectivity index (χ1v) is 15.6. The van der Waals surface area contributed by atoms with Crippen LogP contribution in [-0.4, -0.2) is 66.5 Å². The van der Waals surface area contributed by atoms with Gasteiger partial charge in [0, 0.05) is 11.4 Å². The molecule has 2 aliphatic heterocycles. The van der Waals surface area contributed by atoms with Crippen molar-refractivity contribution >= 4 is 23.2 Å². The number of rotatable bonds is 11. The first-order valence-electron chi connectivity index (χ1n) is 15.6. The summed E-state index contributed by atoms with van der Waals surface area (Å²) in [5.74, 6) is 0.287. The molecule has 0 radical (unpaired) electrons. The van der Waals surface area contributed by atoms with E-state index < -0.39 is 0 Å². The average Bonchev–Trinajstić information content (AvgIpc) is 2.93. The molecule has 2 fully saturated rings. The molecular weight excluding hydrogens is 496 g/mol. The molecule has 2 amide bonds. The fraction of sp³-hybridized carbons (Fsp3) is 0.588. The van der Waals surface area contributed by atoms with Crippen molar-refractivity contribution in [3.05, 3.63) is 58.7 Å². The van der Waals surface area contributed by atoms with Crippen molar-refractivity contribution in [1.82, 2.24) is 4.90 Å². The molecule has 0 saturated carbocycles. The lowest BCUT2D eigenvalue weighted by atomic mass is 10.00. The summed E-state index contributed by atoms with van der Waals surface area (Å²) >= 11 is 0. The topological polar surface area (TPSA) is 61.4 Å². The quantitative estimate of drug-likeness (QED) is 0.249. The highest BCUT2D eigenvalue weighted by Gasteiger charge is 2.33. The first-order chi connectivity index (χ1) is 19.3. The summed E-state index contributed by atoms with van der Waals surface area (Å²) in [6.45, 7) is 14.1. The van der Waals surface area contributed by atoms with E-state index in [9.17, 15) is 9.59 Å².